The number of ether oxygens (including phenoxy) is 10. The highest BCUT2D eigenvalue weighted by Crippen LogP contribution is 2.39. The molecule has 0 aliphatic heterocycles. The van der Waals surface area contributed by atoms with Gasteiger partial charge < -0.3 is 68.2 Å². The Bertz CT molecular complexity index is 1790. The number of carbonyl (C=O) groups excluding carboxylic acids is 2. The number of aliphatic hydroxyl groups excluding tert-OH is 2. The molecule has 4 aromatic rings. The highest BCUT2D eigenvalue weighted by Gasteiger charge is 2.34. The molecule has 348 valence electrons. The molecular weight excluding hydrogens is 829 g/mol. The van der Waals surface area contributed by atoms with Crippen LogP contribution in [0.2, 0.25) is 0 Å². The number of benzene rings is 4. The maximum atomic E-state index is 14.1. The van der Waals surface area contributed by atoms with Gasteiger partial charge in [0.15, 0.2) is 11.6 Å². The molecular formula is C48H62N2O14. The van der Waals surface area contributed by atoms with Crippen LogP contribution in [0, 0.1) is 0 Å². The molecule has 0 bridgehead atoms. The lowest BCUT2D eigenvalue weighted by molar-refractivity contribution is -0.00625. The van der Waals surface area contributed by atoms with Gasteiger partial charge in [-0.1, -0.05) is 24.3 Å². The second kappa shape index (κ2) is 30.2. The standard InChI is InChI=1S/C48H62N2O14/c51-17-23-57-27-31-61-35-33-59-29-25-55-19-3-21-63-39-11-7-37(8-12-39)49-43-15-16-44(46-45(43)47(53)41-5-1-2-6-42(41)48(46)54)50-38-9-13-40(14-10-38)64-22-4-20-56-26-30-60-34-36-62-32-28-58-24-18-52/h1-2,5-16,49-52H,3-4,17-36H2. The van der Waals surface area contributed by atoms with E-state index in [-0.39, 0.29) is 24.8 Å². The average molecular weight is 891 g/mol. The number of hydrogen-bond donors (Lipinski definition) is 4. The van der Waals surface area contributed by atoms with Crippen molar-refractivity contribution in [3.05, 3.63) is 107 Å². The van der Waals surface area contributed by atoms with Gasteiger partial charge in [-0.2, -0.15) is 0 Å². The molecule has 16 nitrogen and oxygen atoms in total. The Balaban J connectivity index is 1.04. The van der Waals surface area contributed by atoms with Gasteiger partial charge in [-0.15, -0.1) is 0 Å². The van der Waals surface area contributed by atoms with E-state index in [9.17, 15) is 9.59 Å². The number of ketones is 2. The lowest BCUT2D eigenvalue weighted by Crippen LogP contribution is -2.23. The van der Waals surface area contributed by atoms with Crippen molar-refractivity contribution >= 4 is 34.3 Å². The molecule has 5 rings (SSSR count). The second-order valence-electron chi connectivity index (χ2n) is 14.2. The fraction of sp³-hybridized carbons (Fsp3) is 0.458. The predicted molar refractivity (Wildman–Crippen MR) is 240 cm³/mol. The van der Waals surface area contributed by atoms with Crippen LogP contribution < -0.4 is 20.1 Å². The molecule has 16 heteroatoms. The molecule has 1 aliphatic rings. The minimum Gasteiger partial charge on any atom is -0.494 e. The summed E-state index contributed by atoms with van der Waals surface area (Å²) in [5.74, 6) is 0.910. The van der Waals surface area contributed by atoms with E-state index in [1.807, 2.05) is 60.7 Å². The summed E-state index contributed by atoms with van der Waals surface area (Å²) in [6.45, 7) is 8.25. The first-order valence-corrected chi connectivity index (χ1v) is 21.8. The van der Waals surface area contributed by atoms with Gasteiger partial charge in [0.2, 0.25) is 0 Å². The van der Waals surface area contributed by atoms with E-state index >= 15 is 0 Å². The lowest BCUT2D eigenvalue weighted by atomic mass is 9.82. The van der Waals surface area contributed by atoms with Crippen LogP contribution in [0.15, 0.2) is 84.9 Å². The Morgan fingerprint density at radius 1 is 0.359 bits per heavy atom. The van der Waals surface area contributed by atoms with Crippen molar-refractivity contribution in [1.82, 2.24) is 0 Å². The van der Waals surface area contributed by atoms with E-state index < -0.39 is 0 Å². The van der Waals surface area contributed by atoms with Crippen LogP contribution in [0.3, 0.4) is 0 Å². The third-order valence-corrected chi connectivity index (χ3v) is 9.45. The summed E-state index contributed by atoms with van der Waals surface area (Å²) in [6, 6.07) is 25.4. The average Bonchev–Trinajstić information content (AvgIpc) is 3.32. The summed E-state index contributed by atoms with van der Waals surface area (Å²) in [4.78, 5) is 28.1. The summed E-state index contributed by atoms with van der Waals surface area (Å²) < 4.78 is 55.1. The van der Waals surface area contributed by atoms with Crippen molar-refractivity contribution in [2.45, 2.75) is 12.8 Å². The van der Waals surface area contributed by atoms with E-state index in [0.717, 1.165) is 11.4 Å². The first kappa shape index (κ1) is 50.0. The van der Waals surface area contributed by atoms with Crippen molar-refractivity contribution < 1.29 is 67.2 Å². The van der Waals surface area contributed by atoms with Crippen molar-refractivity contribution in [3.63, 3.8) is 0 Å². The summed E-state index contributed by atoms with van der Waals surface area (Å²) in [7, 11) is 0. The van der Waals surface area contributed by atoms with Gasteiger partial charge in [-0.05, 0) is 60.7 Å². The highest BCUT2D eigenvalue weighted by atomic mass is 16.6. The van der Waals surface area contributed by atoms with Crippen LogP contribution in [0.25, 0.3) is 0 Å². The zero-order valence-electron chi connectivity index (χ0n) is 36.4. The van der Waals surface area contributed by atoms with Crippen molar-refractivity contribution in [3.8, 4) is 11.5 Å². The highest BCUT2D eigenvalue weighted by molar-refractivity contribution is 6.32. The van der Waals surface area contributed by atoms with Gasteiger partial charge in [0.1, 0.15) is 11.5 Å². The third kappa shape index (κ3) is 17.5. The smallest absolute Gasteiger partial charge is 0.196 e. The molecule has 0 unspecified atom stereocenters. The molecule has 64 heavy (non-hydrogen) atoms. The third-order valence-electron chi connectivity index (χ3n) is 9.45. The molecule has 0 saturated carbocycles. The Hall–Kier alpha value is -4.98. The minimum absolute atomic E-state index is 0.00421. The Labute approximate surface area is 375 Å². The molecule has 0 radical (unpaired) electrons. The van der Waals surface area contributed by atoms with Gasteiger partial charge in [-0.3, -0.25) is 9.59 Å². The van der Waals surface area contributed by atoms with Crippen LogP contribution >= 0.6 is 0 Å². The SMILES string of the molecule is O=C1c2ccccc2C(=O)c2c(Nc3ccc(OCCCOCCOCCOCCOCCO)cc3)ccc(Nc3ccc(OCCCOCCOCCOCCOCCO)cc3)c21. The quantitative estimate of drug-likeness (QED) is 0.0363. The van der Waals surface area contributed by atoms with E-state index in [1.165, 1.54) is 0 Å². The molecule has 0 saturated heterocycles. The maximum absolute atomic E-state index is 14.1. The molecule has 4 aromatic carbocycles. The number of hydrogen-bond acceptors (Lipinski definition) is 16. The monoisotopic (exact) mass is 890 g/mol. The number of carbonyl (C=O) groups is 2. The molecule has 0 spiro atoms. The molecule has 0 amide bonds. The number of rotatable bonds is 36. The van der Waals surface area contributed by atoms with Crippen LogP contribution in [0.4, 0.5) is 22.7 Å². The zero-order valence-corrected chi connectivity index (χ0v) is 36.4. The van der Waals surface area contributed by atoms with Crippen LogP contribution in [0.5, 0.6) is 11.5 Å². The molecule has 0 atom stereocenters. The number of anilines is 4. The van der Waals surface area contributed by atoms with Crippen molar-refractivity contribution in [2.24, 2.45) is 0 Å². The van der Waals surface area contributed by atoms with E-state index in [2.05, 4.69) is 10.6 Å². The van der Waals surface area contributed by atoms with Crippen LogP contribution in [-0.2, 0) is 37.9 Å². The van der Waals surface area contributed by atoms with Crippen LogP contribution in [0.1, 0.15) is 44.7 Å². The van der Waals surface area contributed by atoms with Gasteiger partial charge >= 0.3 is 0 Å². The predicted octanol–water partition coefficient (Wildman–Crippen LogP) is 5.60. The van der Waals surface area contributed by atoms with Crippen molar-refractivity contribution in [1.29, 1.82) is 0 Å². The molecule has 0 aromatic heterocycles. The summed E-state index contributed by atoms with van der Waals surface area (Å²) in [5, 5.41) is 24.1. The fourth-order valence-corrected chi connectivity index (χ4v) is 6.37. The Morgan fingerprint density at radius 2 is 0.672 bits per heavy atom. The van der Waals surface area contributed by atoms with Gasteiger partial charge in [0.05, 0.1) is 141 Å². The second-order valence-corrected chi connectivity index (χ2v) is 14.2. The first-order chi connectivity index (χ1) is 31.6. The molecule has 1 aliphatic carbocycles. The Kier molecular flexibility index (Phi) is 23.6. The minimum atomic E-state index is -0.237. The summed E-state index contributed by atoms with van der Waals surface area (Å²) in [6.07, 6.45) is 1.41. The molecule has 0 fully saturated rings. The molecule has 4 N–H and O–H groups in total. The van der Waals surface area contributed by atoms with Gasteiger partial charge in [-0.25, -0.2) is 0 Å². The topological polar surface area (TPSA) is 191 Å². The largest absolute Gasteiger partial charge is 0.494 e. The summed E-state index contributed by atoms with van der Waals surface area (Å²) in [5.41, 5.74) is 3.81. The van der Waals surface area contributed by atoms with E-state index in [0.29, 0.717) is 177 Å². The lowest BCUT2D eigenvalue weighted by Gasteiger charge is -2.24. The number of nitrogens with one attached hydrogen (secondary N) is 2. The van der Waals surface area contributed by atoms with E-state index in [1.54, 1.807) is 24.3 Å². The fourth-order valence-electron chi connectivity index (χ4n) is 6.37. The Morgan fingerprint density at radius 3 is 1.00 bits per heavy atom. The number of fused-ring (bicyclic) bond motifs is 2. The maximum Gasteiger partial charge on any atom is 0.196 e. The van der Waals surface area contributed by atoms with E-state index in [4.69, 9.17) is 57.6 Å². The van der Waals surface area contributed by atoms with Gasteiger partial charge in [0.25, 0.3) is 0 Å². The van der Waals surface area contributed by atoms with Crippen molar-refractivity contribution in [2.75, 3.05) is 143 Å². The first-order valence-electron chi connectivity index (χ1n) is 21.8. The number of aliphatic hydroxyl groups is 2. The summed E-state index contributed by atoms with van der Waals surface area (Å²) >= 11 is 0. The molecule has 0 heterocycles. The normalized spacial score (nSPS) is 12.0. The zero-order chi connectivity index (χ0) is 44.9. The van der Waals surface area contributed by atoms with Crippen LogP contribution in [-0.4, -0.2) is 154 Å². The van der Waals surface area contributed by atoms with Gasteiger partial charge in [0, 0.05) is 48.6 Å².